The van der Waals surface area contributed by atoms with E-state index in [2.05, 4.69) is 64.4 Å². The number of benzene rings is 1. The van der Waals surface area contributed by atoms with Crippen molar-refractivity contribution in [2.24, 2.45) is 0 Å². The molecule has 1 aromatic carbocycles. The minimum atomic E-state index is -5.71. The van der Waals surface area contributed by atoms with Crippen molar-refractivity contribution in [3.05, 3.63) is 52.4 Å². The first kappa shape index (κ1) is 50.3. The molecule has 0 saturated carbocycles. The Labute approximate surface area is 372 Å². The van der Waals surface area contributed by atoms with Gasteiger partial charge in [0.25, 0.3) is 0 Å². The first-order valence-corrected chi connectivity index (χ1v) is 25.4. The molecule has 4 aromatic rings. The van der Waals surface area contributed by atoms with E-state index in [-0.39, 0.29) is 36.0 Å². The predicted molar refractivity (Wildman–Crippen MR) is 232 cm³/mol. The number of amides is 1. The quantitative estimate of drug-likeness (QED) is 0.0241. The minimum absolute atomic E-state index is 0.0293. The largest absolute Gasteiger partial charge is 0.490 e. The fourth-order valence-corrected chi connectivity index (χ4v) is 11.1. The molecule has 6 atom stereocenters. The first-order valence-electron chi connectivity index (χ1n) is 20.9. The van der Waals surface area contributed by atoms with Gasteiger partial charge in [-0.15, -0.1) is 0 Å². The van der Waals surface area contributed by atoms with E-state index in [1.54, 1.807) is 6.92 Å². The maximum atomic E-state index is 12.8. The number of unbranched alkanes of at least 4 members (excludes halogenated alkanes) is 3. The number of rotatable bonds is 22. The molecule has 2 aliphatic heterocycles. The number of carbonyl (C=O) groups is 2. The number of nitrogens with one attached hydrogen (secondary N) is 2. The van der Waals surface area contributed by atoms with E-state index in [1.165, 1.54) is 23.3 Å². The first-order chi connectivity index (χ1) is 30.6. The normalized spacial score (nSPS) is 21.5. The summed E-state index contributed by atoms with van der Waals surface area (Å²) in [5, 5.41) is 17.4. The number of hydrogen-bond donors (Lipinski definition) is 7. The van der Waals surface area contributed by atoms with Gasteiger partial charge in [0, 0.05) is 55.2 Å². The topological polar surface area (TPSA) is 334 Å². The summed E-state index contributed by atoms with van der Waals surface area (Å²) in [5.41, 5.74) is 2.07. The Hall–Kier alpha value is -4.15. The third kappa shape index (κ3) is 13.1. The van der Waals surface area contributed by atoms with Crippen LogP contribution in [0, 0.1) is 0 Å². The van der Waals surface area contributed by atoms with Gasteiger partial charge >= 0.3 is 35.1 Å². The second-order valence-corrected chi connectivity index (χ2v) is 20.8. The Morgan fingerprint density at radius 1 is 0.969 bits per heavy atom. The van der Waals surface area contributed by atoms with Gasteiger partial charge in [0.2, 0.25) is 5.91 Å². The lowest BCUT2D eigenvalue weighted by Gasteiger charge is -2.47. The molecule has 1 saturated heterocycles. The van der Waals surface area contributed by atoms with Crippen molar-refractivity contribution in [1.82, 2.24) is 24.8 Å². The molecule has 24 nitrogen and oxygen atoms in total. The van der Waals surface area contributed by atoms with Gasteiger partial charge in [0.05, 0.1) is 25.6 Å². The second kappa shape index (κ2) is 20.8. The van der Waals surface area contributed by atoms with E-state index in [4.69, 9.17) is 23.7 Å². The van der Waals surface area contributed by atoms with Crippen LogP contribution in [0.4, 0.5) is 11.5 Å². The minimum Gasteiger partial charge on any atom is -0.462 e. The van der Waals surface area contributed by atoms with Gasteiger partial charge in [0.1, 0.15) is 29.8 Å². The zero-order valence-corrected chi connectivity index (χ0v) is 38.8. The van der Waals surface area contributed by atoms with E-state index in [0.29, 0.717) is 60.4 Å². The highest BCUT2D eigenvalue weighted by molar-refractivity contribution is 7.66. The predicted octanol–water partition coefficient (Wildman–Crippen LogP) is 4.76. The number of esters is 1. The molecular formula is C38H54N7O17P3. The average molecular weight is 974 g/mol. The van der Waals surface area contributed by atoms with Gasteiger partial charge in [-0.2, -0.15) is 8.62 Å². The lowest BCUT2D eigenvalue weighted by atomic mass is 9.79. The third-order valence-electron chi connectivity index (χ3n) is 10.9. The van der Waals surface area contributed by atoms with Crippen molar-refractivity contribution in [3.63, 3.8) is 0 Å². The Bertz CT molecular complexity index is 2570. The zero-order chi connectivity index (χ0) is 47.3. The number of ether oxygens (including phenoxy) is 2. The van der Waals surface area contributed by atoms with Gasteiger partial charge in [-0.3, -0.25) is 13.9 Å². The molecule has 6 rings (SSSR count). The van der Waals surface area contributed by atoms with Crippen molar-refractivity contribution in [1.29, 1.82) is 0 Å². The molecule has 0 bridgehead atoms. The van der Waals surface area contributed by atoms with Crippen molar-refractivity contribution >= 4 is 69.0 Å². The number of imidazole rings is 1. The van der Waals surface area contributed by atoms with Crippen LogP contribution in [-0.2, 0) is 41.1 Å². The summed E-state index contributed by atoms with van der Waals surface area (Å²) in [6, 6.07) is 5.36. The van der Waals surface area contributed by atoms with Crippen LogP contribution in [0.3, 0.4) is 0 Å². The van der Waals surface area contributed by atoms with Crippen LogP contribution in [0.25, 0.3) is 22.1 Å². The molecule has 358 valence electrons. The lowest BCUT2D eigenvalue weighted by molar-refractivity contribution is -0.121. The molecule has 2 aliphatic rings. The van der Waals surface area contributed by atoms with Crippen molar-refractivity contribution in [2.45, 2.75) is 109 Å². The molecule has 3 unspecified atom stereocenters. The summed E-state index contributed by atoms with van der Waals surface area (Å²) in [7, 11) is -16.7. The molecule has 1 amide bonds. The standard InChI is InChI=1S/C38H54N7O17P3/c1-5-57-36(48)26-16-24-15-25-23(2)19-38(3,4)45(27(25)17-29(24)60-37(26)49)14-10-11-31(47)39-12-8-6-7-9-13-40-34-33-35(42-21-41-34)44(22-43-33)32-18-28(46)30(59-32)20-58-64(53,54)62-65(55,56)61-63(50,51)52/h15-17,21-23,28,30,32,46H,5-14,18-20H2,1-4H3,(H,39,47)(H,53,54)(H,55,56)(H,40,41,42)(H2,50,51,52)/t23?,28-,30+,32+/m0/s1. The van der Waals surface area contributed by atoms with Gasteiger partial charge in [-0.25, -0.2) is 38.2 Å². The molecule has 3 aromatic heterocycles. The summed E-state index contributed by atoms with van der Waals surface area (Å²) in [6.07, 6.45) is 4.56. The number of aromatic nitrogens is 4. The number of nitrogens with zero attached hydrogens (tertiary/aromatic N) is 5. The van der Waals surface area contributed by atoms with Crippen molar-refractivity contribution in [3.8, 4) is 0 Å². The monoisotopic (exact) mass is 973 g/mol. The van der Waals surface area contributed by atoms with Crippen LogP contribution in [0.2, 0.25) is 0 Å². The number of phosphoric ester groups is 1. The molecule has 7 N–H and O–H groups in total. The van der Waals surface area contributed by atoms with Crippen molar-refractivity contribution in [2.75, 3.05) is 43.1 Å². The van der Waals surface area contributed by atoms with E-state index in [0.717, 1.165) is 43.4 Å². The number of hydrogen-bond acceptors (Lipinski definition) is 18. The summed E-state index contributed by atoms with van der Waals surface area (Å²) in [4.78, 5) is 89.5. The number of anilines is 2. The van der Waals surface area contributed by atoms with E-state index >= 15 is 0 Å². The van der Waals surface area contributed by atoms with Gasteiger partial charge in [0.15, 0.2) is 17.0 Å². The summed E-state index contributed by atoms with van der Waals surface area (Å²) >= 11 is 0. The van der Waals surface area contributed by atoms with Gasteiger partial charge < -0.3 is 54.1 Å². The fraction of sp³-hybridized carbons (Fsp3) is 0.579. The van der Waals surface area contributed by atoms with Crippen LogP contribution in [-0.4, -0.2) is 107 Å². The number of carbonyl (C=O) groups excluding carboxylic acids is 2. The third-order valence-corrected chi connectivity index (χ3v) is 14.7. The van der Waals surface area contributed by atoms with Gasteiger partial charge in [-0.05, 0) is 70.1 Å². The summed E-state index contributed by atoms with van der Waals surface area (Å²) in [6.45, 7) is 9.20. The molecule has 5 heterocycles. The molecule has 1 fully saturated rings. The van der Waals surface area contributed by atoms with Crippen LogP contribution < -0.4 is 21.2 Å². The number of aliphatic hydroxyl groups excluding tert-OH is 1. The molecule has 0 spiro atoms. The molecule has 0 radical (unpaired) electrons. The van der Waals surface area contributed by atoms with Crippen LogP contribution in [0.5, 0.6) is 0 Å². The number of phosphoric acid groups is 3. The molecular weight excluding hydrogens is 919 g/mol. The Balaban J connectivity index is 0.905. The van der Waals surface area contributed by atoms with E-state index < -0.39 is 60.1 Å². The summed E-state index contributed by atoms with van der Waals surface area (Å²) < 4.78 is 64.5. The highest BCUT2D eigenvalue weighted by Crippen LogP contribution is 2.66. The van der Waals surface area contributed by atoms with Crippen molar-refractivity contribution < 1.29 is 75.0 Å². The molecule has 65 heavy (non-hydrogen) atoms. The smallest absolute Gasteiger partial charge is 0.462 e. The average Bonchev–Trinajstić information content (AvgIpc) is 3.80. The SMILES string of the molecule is CCOC(=O)c1cc2cc3c(cc2oc1=O)N(CCCC(=O)NCCCCCCNc1ncnc2c1ncn2[C@H]1C[C@H](O)[C@@H](COP(=O)(O)OP(=O)(O)OP(=O)(O)O)O1)C(C)(C)CC3C. The number of fused-ring (bicyclic) bond motifs is 3. The maximum Gasteiger partial charge on any atom is 0.490 e. The summed E-state index contributed by atoms with van der Waals surface area (Å²) in [5.74, 6) is -0.0820. The second-order valence-electron chi connectivity index (χ2n) is 16.3. The molecule has 27 heteroatoms. The van der Waals surface area contributed by atoms with Crippen LogP contribution >= 0.6 is 23.5 Å². The van der Waals surface area contributed by atoms with Gasteiger partial charge in [-0.1, -0.05) is 19.8 Å². The zero-order valence-electron chi connectivity index (χ0n) is 36.1. The van der Waals surface area contributed by atoms with Crippen LogP contribution in [0.15, 0.2) is 40.1 Å². The van der Waals surface area contributed by atoms with Crippen LogP contribution in [0.1, 0.15) is 107 Å². The van der Waals surface area contributed by atoms with E-state index in [1.807, 2.05) is 12.1 Å². The highest BCUT2D eigenvalue weighted by Gasteiger charge is 2.43. The molecule has 0 aliphatic carbocycles. The Kier molecular flexibility index (Phi) is 16.1. The van der Waals surface area contributed by atoms with E-state index in [9.17, 15) is 43.0 Å². The highest BCUT2D eigenvalue weighted by atomic mass is 31.3. The fourth-order valence-electron chi connectivity index (χ4n) is 8.10. The number of aliphatic hydroxyl groups is 1. The maximum absolute atomic E-state index is 12.8. The Morgan fingerprint density at radius 3 is 2.43 bits per heavy atom. The lowest BCUT2D eigenvalue weighted by Crippen LogP contribution is -2.49. The Morgan fingerprint density at radius 2 is 1.71 bits per heavy atom.